The van der Waals surface area contributed by atoms with E-state index in [9.17, 15) is 0 Å². The molecule has 0 atom stereocenters. The average Bonchev–Trinajstić information content (AvgIpc) is 3.27. The number of hydrogen-bond acceptors (Lipinski definition) is 2. The molecular formula is C52H36N2. The van der Waals surface area contributed by atoms with Gasteiger partial charge in [-0.25, -0.2) is 9.97 Å². The average molecular weight is 689 g/mol. The smallest absolute Gasteiger partial charge is 0.160 e. The van der Waals surface area contributed by atoms with Gasteiger partial charge >= 0.3 is 0 Å². The van der Waals surface area contributed by atoms with Crippen LogP contribution >= 0.6 is 0 Å². The fourth-order valence-corrected chi connectivity index (χ4v) is 7.08. The third kappa shape index (κ3) is 7.01. The molecule has 0 saturated heterocycles. The summed E-state index contributed by atoms with van der Waals surface area (Å²) in [4.78, 5) is 10.5. The second kappa shape index (κ2) is 14.8. The van der Waals surface area contributed by atoms with Crippen molar-refractivity contribution in [2.45, 2.75) is 0 Å². The Morgan fingerprint density at radius 2 is 0.463 bits per heavy atom. The van der Waals surface area contributed by atoms with Crippen molar-refractivity contribution >= 4 is 0 Å². The van der Waals surface area contributed by atoms with Gasteiger partial charge in [0.25, 0.3) is 0 Å². The zero-order chi connectivity index (χ0) is 36.1. The molecule has 2 nitrogen and oxygen atoms in total. The molecule has 0 fully saturated rings. The lowest BCUT2D eigenvalue weighted by Gasteiger charge is -2.14. The van der Waals surface area contributed by atoms with E-state index in [1.54, 1.807) is 0 Å². The van der Waals surface area contributed by atoms with Crippen molar-refractivity contribution in [2.75, 3.05) is 0 Å². The van der Waals surface area contributed by atoms with Crippen LogP contribution in [-0.2, 0) is 0 Å². The van der Waals surface area contributed by atoms with Crippen LogP contribution in [0.25, 0.3) is 89.5 Å². The number of aromatic nitrogens is 2. The molecule has 8 aromatic carbocycles. The van der Waals surface area contributed by atoms with Crippen molar-refractivity contribution in [3.63, 3.8) is 0 Å². The van der Waals surface area contributed by atoms with E-state index < -0.39 is 0 Å². The molecule has 1 aromatic heterocycles. The first-order valence-electron chi connectivity index (χ1n) is 18.3. The van der Waals surface area contributed by atoms with E-state index in [0.29, 0.717) is 5.82 Å². The van der Waals surface area contributed by atoms with Crippen LogP contribution in [0.4, 0.5) is 0 Å². The Morgan fingerprint density at radius 3 is 0.907 bits per heavy atom. The molecule has 0 amide bonds. The Labute approximate surface area is 316 Å². The molecule has 0 N–H and O–H groups in total. The predicted octanol–water partition coefficient (Wildman–Crippen LogP) is 13.8. The molecule has 9 aromatic rings. The van der Waals surface area contributed by atoms with Crippen LogP contribution in [0.2, 0.25) is 0 Å². The van der Waals surface area contributed by atoms with E-state index in [-0.39, 0.29) is 0 Å². The zero-order valence-corrected chi connectivity index (χ0v) is 29.7. The van der Waals surface area contributed by atoms with Crippen LogP contribution in [0.5, 0.6) is 0 Å². The highest BCUT2D eigenvalue weighted by molar-refractivity contribution is 5.83. The lowest BCUT2D eigenvalue weighted by Crippen LogP contribution is -1.97. The molecule has 0 aliphatic carbocycles. The summed E-state index contributed by atoms with van der Waals surface area (Å²) in [5.74, 6) is 0.686. The molecule has 0 spiro atoms. The van der Waals surface area contributed by atoms with Crippen molar-refractivity contribution in [3.05, 3.63) is 218 Å². The van der Waals surface area contributed by atoms with Crippen molar-refractivity contribution < 1.29 is 0 Å². The van der Waals surface area contributed by atoms with Crippen LogP contribution in [0.15, 0.2) is 218 Å². The van der Waals surface area contributed by atoms with Crippen LogP contribution in [0, 0.1) is 0 Å². The topological polar surface area (TPSA) is 25.8 Å². The number of hydrogen-bond donors (Lipinski definition) is 0. The highest BCUT2D eigenvalue weighted by Gasteiger charge is 2.14. The first kappa shape index (κ1) is 32.7. The Kier molecular flexibility index (Phi) is 8.99. The standard InChI is InChI=1S/C52H36N2/c1-5-16-37(17-6-1)41-24-13-25-42(30-41)43-26-14-27-44(31-43)45-28-15-29-46(32-45)52-53-50(40-22-11-4-12-23-40)36-51(54-52)49-34-47(38-18-7-2-8-19-38)33-48(35-49)39-20-9-3-10-21-39/h1-36H. The SMILES string of the molecule is c1ccc(-c2cccc(-c3cccc(-c4cccc(-c5nc(-c6ccccc6)cc(-c6cc(-c7ccccc7)cc(-c7ccccc7)c6)n5)c4)c3)c2)cc1. The summed E-state index contributed by atoms with van der Waals surface area (Å²) < 4.78 is 0. The van der Waals surface area contributed by atoms with Crippen LogP contribution in [0.1, 0.15) is 0 Å². The molecule has 254 valence electrons. The largest absolute Gasteiger partial charge is 0.228 e. The normalized spacial score (nSPS) is 11.0. The minimum Gasteiger partial charge on any atom is -0.228 e. The molecule has 0 bridgehead atoms. The number of rotatable bonds is 8. The summed E-state index contributed by atoms with van der Waals surface area (Å²) in [7, 11) is 0. The summed E-state index contributed by atoms with van der Waals surface area (Å²) in [5, 5.41) is 0. The van der Waals surface area contributed by atoms with Crippen LogP contribution in [-0.4, -0.2) is 9.97 Å². The Balaban J connectivity index is 1.14. The second-order valence-corrected chi connectivity index (χ2v) is 13.5. The first-order chi connectivity index (χ1) is 26.7. The maximum Gasteiger partial charge on any atom is 0.160 e. The lowest BCUT2D eigenvalue weighted by atomic mass is 9.94. The van der Waals surface area contributed by atoms with Crippen molar-refractivity contribution in [3.8, 4) is 89.5 Å². The van der Waals surface area contributed by atoms with Gasteiger partial charge in [-0.15, -0.1) is 0 Å². The van der Waals surface area contributed by atoms with Crippen molar-refractivity contribution in [1.82, 2.24) is 9.97 Å². The molecule has 1 heterocycles. The number of benzene rings is 8. The van der Waals surface area contributed by atoms with Gasteiger partial charge in [0.05, 0.1) is 11.4 Å². The van der Waals surface area contributed by atoms with E-state index in [1.807, 2.05) is 6.07 Å². The van der Waals surface area contributed by atoms with Crippen molar-refractivity contribution in [2.24, 2.45) is 0 Å². The molecular weight excluding hydrogens is 653 g/mol. The fraction of sp³-hybridized carbons (Fsp3) is 0. The molecule has 0 saturated carbocycles. The summed E-state index contributed by atoms with van der Waals surface area (Å²) >= 11 is 0. The quantitative estimate of drug-likeness (QED) is 0.159. The maximum absolute atomic E-state index is 5.30. The highest BCUT2D eigenvalue weighted by atomic mass is 14.9. The van der Waals surface area contributed by atoms with E-state index in [2.05, 4.69) is 212 Å². The second-order valence-electron chi connectivity index (χ2n) is 13.5. The summed E-state index contributed by atoms with van der Waals surface area (Å²) in [6, 6.07) is 77.0. The molecule has 0 radical (unpaired) electrons. The monoisotopic (exact) mass is 688 g/mol. The Bertz CT molecular complexity index is 2630. The highest BCUT2D eigenvalue weighted by Crippen LogP contribution is 2.36. The maximum atomic E-state index is 5.30. The molecule has 0 aliphatic rings. The summed E-state index contributed by atoms with van der Waals surface area (Å²) in [5.41, 5.74) is 16.4. The summed E-state index contributed by atoms with van der Waals surface area (Å²) in [6.07, 6.45) is 0. The summed E-state index contributed by atoms with van der Waals surface area (Å²) in [6.45, 7) is 0. The van der Waals surface area contributed by atoms with Gasteiger partial charge in [-0.3, -0.25) is 0 Å². The van der Waals surface area contributed by atoms with E-state index in [0.717, 1.165) is 61.5 Å². The van der Waals surface area contributed by atoms with E-state index in [1.165, 1.54) is 22.3 Å². The zero-order valence-electron chi connectivity index (χ0n) is 29.7. The van der Waals surface area contributed by atoms with Gasteiger partial charge in [0.15, 0.2) is 5.82 Å². The minimum absolute atomic E-state index is 0.686. The molecule has 9 rings (SSSR count). The van der Waals surface area contributed by atoms with Gasteiger partial charge in [0, 0.05) is 16.7 Å². The van der Waals surface area contributed by atoms with Gasteiger partial charge in [0.2, 0.25) is 0 Å². The third-order valence-electron chi connectivity index (χ3n) is 9.86. The van der Waals surface area contributed by atoms with Crippen LogP contribution in [0.3, 0.4) is 0 Å². The van der Waals surface area contributed by atoms with Gasteiger partial charge in [0.1, 0.15) is 0 Å². The fourth-order valence-electron chi connectivity index (χ4n) is 7.08. The molecule has 0 aliphatic heterocycles. The van der Waals surface area contributed by atoms with Crippen molar-refractivity contribution in [1.29, 1.82) is 0 Å². The molecule has 54 heavy (non-hydrogen) atoms. The number of nitrogens with zero attached hydrogens (tertiary/aromatic N) is 2. The third-order valence-corrected chi connectivity index (χ3v) is 9.86. The van der Waals surface area contributed by atoms with Gasteiger partial charge in [-0.2, -0.15) is 0 Å². The van der Waals surface area contributed by atoms with Gasteiger partial charge in [-0.05, 0) is 98.1 Å². The van der Waals surface area contributed by atoms with Gasteiger partial charge in [-0.1, -0.05) is 176 Å². The Morgan fingerprint density at radius 1 is 0.185 bits per heavy atom. The van der Waals surface area contributed by atoms with Gasteiger partial charge < -0.3 is 0 Å². The Hall–Kier alpha value is -7.16. The lowest BCUT2D eigenvalue weighted by molar-refractivity contribution is 1.18. The van der Waals surface area contributed by atoms with Crippen LogP contribution < -0.4 is 0 Å². The minimum atomic E-state index is 0.686. The van der Waals surface area contributed by atoms with E-state index >= 15 is 0 Å². The molecule has 0 unspecified atom stereocenters. The molecule has 2 heteroatoms. The van der Waals surface area contributed by atoms with E-state index in [4.69, 9.17) is 9.97 Å². The first-order valence-corrected chi connectivity index (χ1v) is 18.3. The predicted molar refractivity (Wildman–Crippen MR) is 226 cm³/mol.